The van der Waals surface area contributed by atoms with Crippen molar-refractivity contribution in [3.63, 3.8) is 0 Å². The summed E-state index contributed by atoms with van der Waals surface area (Å²) in [7, 11) is 0. The summed E-state index contributed by atoms with van der Waals surface area (Å²) in [6.45, 7) is 2.30. The van der Waals surface area contributed by atoms with Gasteiger partial charge in [0, 0.05) is 11.5 Å². The maximum atomic E-state index is 2.30. The molecule has 1 aliphatic rings. The summed E-state index contributed by atoms with van der Waals surface area (Å²) in [4.78, 5) is 0. The van der Waals surface area contributed by atoms with E-state index >= 15 is 0 Å². The molecule has 2 heteroatoms. The van der Waals surface area contributed by atoms with Gasteiger partial charge in [-0.15, -0.1) is 23.5 Å². The average Bonchev–Trinajstić information content (AvgIpc) is 2.97. The van der Waals surface area contributed by atoms with Gasteiger partial charge in [-0.2, -0.15) is 0 Å². The summed E-state index contributed by atoms with van der Waals surface area (Å²) in [5.74, 6) is 2.79. The molecular weight excluding hydrogens is 280 g/mol. The molecular formula is C18H36S2. The molecule has 0 saturated carbocycles. The summed E-state index contributed by atoms with van der Waals surface area (Å²) in [5, 5.41) is 0. The Morgan fingerprint density at radius 3 is 1.45 bits per heavy atom. The fraction of sp³-hybridized carbons (Fsp3) is 1.00. The topological polar surface area (TPSA) is 0 Å². The van der Waals surface area contributed by atoms with Crippen LogP contribution < -0.4 is 0 Å². The molecule has 1 aliphatic heterocycles. The van der Waals surface area contributed by atoms with Crippen molar-refractivity contribution >= 4 is 23.5 Å². The van der Waals surface area contributed by atoms with Gasteiger partial charge in [-0.3, -0.25) is 0 Å². The highest BCUT2D eigenvalue weighted by Gasteiger charge is 2.14. The van der Waals surface area contributed by atoms with E-state index in [1.165, 1.54) is 101 Å². The summed E-state index contributed by atoms with van der Waals surface area (Å²) in [6.07, 6.45) is 20.6. The molecule has 1 rings (SSSR count). The summed E-state index contributed by atoms with van der Waals surface area (Å²) in [5.41, 5.74) is 0. The molecule has 120 valence electrons. The fourth-order valence-electron chi connectivity index (χ4n) is 2.90. The van der Waals surface area contributed by atoms with Crippen molar-refractivity contribution in [1.82, 2.24) is 0 Å². The molecule has 0 aromatic heterocycles. The van der Waals surface area contributed by atoms with Gasteiger partial charge >= 0.3 is 0 Å². The van der Waals surface area contributed by atoms with Crippen LogP contribution in [-0.4, -0.2) is 16.1 Å². The maximum Gasteiger partial charge on any atom is 0.0503 e. The third-order valence-corrected chi connectivity index (χ3v) is 7.40. The van der Waals surface area contributed by atoms with E-state index in [4.69, 9.17) is 0 Å². The van der Waals surface area contributed by atoms with Gasteiger partial charge in [0.15, 0.2) is 0 Å². The van der Waals surface area contributed by atoms with Crippen LogP contribution in [0.25, 0.3) is 0 Å². The quantitative estimate of drug-likeness (QED) is 0.309. The van der Waals surface area contributed by atoms with E-state index in [2.05, 4.69) is 30.4 Å². The van der Waals surface area contributed by atoms with Crippen molar-refractivity contribution in [3.8, 4) is 0 Å². The largest absolute Gasteiger partial charge is 0.147 e. The van der Waals surface area contributed by atoms with Crippen molar-refractivity contribution in [1.29, 1.82) is 0 Å². The van der Waals surface area contributed by atoms with Crippen LogP contribution in [0.3, 0.4) is 0 Å². The fourth-order valence-corrected chi connectivity index (χ4v) is 5.83. The summed E-state index contributed by atoms with van der Waals surface area (Å²) >= 11 is 4.38. The van der Waals surface area contributed by atoms with Gasteiger partial charge in [-0.25, -0.2) is 0 Å². The smallest absolute Gasteiger partial charge is 0.0503 e. The van der Waals surface area contributed by atoms with Crippen molar-refractivity contribution in [2.24, 2.45) is 0 Å². The van der Waals surface area contributed by atoms with Gasteiger partial charge in [0.05, 0.1) is 4.58 Å². The first-order valence-electron chi connectivity index (χ1n) is 9.16. The Bertz CT molecular complexity index is 188. The second kappa shape index (κ2) is 14.6. The Hall–Kier alpha value is 0.700. The van der Waals surface area contributed by atoms with Crippen LogP contribution in [0.5, 0.6) is 0 Å². The van der Waals surface area contributed by atoms with Crippen LogP contribution >= 0.6 is 23.5 Å². The molecule has 0 bridgehead atoms. The lowest BCUT2D eigenvalue weighted by atomic mass is 10.0. The molecule has 0 radical (unpaired) electrons. The third kappa shape index (κ3) is 11.4. The van der Waals surface area contributed by atoms with Crippen LogP contribution in [0.1, 0.15) is 96.8 Å². The third-order valence-electron chi connectivity index (χ3n) is 4.23. The van der Waals surface area contributed by atoms with Crippen molar-refractivity contribution < 1.29 is 0 Å². The summed E-state index contributed by atoms with van der Waals surface area (Å²) in [6, 6.07) is 0. The van der Waals surface area contributed by atoms with Crippen LogP contribution in [0.15, 0.2) is 0 Å². The molecule has 0 aromatic carbocycles. The molecule has 0 N–H and O–H groups in total. The van der Waals surface area contributed by atoms with Crippen LogP contribution in [0.2, 0.25) is 0 Å². The minimum atomic E-state index is 0.947. The molecule has 0 spiro atoms. The van der Waals surface area contributed by atoms with Crippen LogP contribution in [0.4, 0.5) is 0 Å². The minimum absolute atomic E-state index is 0.947. The zero-order valence-electron chi connectivity index (χ0n) is 13.7. The van der Waals surface area contributed by atoms with E-state index in [0.29, 0.717) is 0 Å². The van der Waals surface area contributed by atoms with Crippen molar-refractivity contribution in [2.75, 3.05) is 11.5 Å². The van der Waals surface area contributed by atoms with Gasteiger partial charge < -0.3 is 0 Å². The van der Waals surface area contributed by atoms with Crippen molar-refractivity contribution in [2.45, 2.75) is 101 Å². The Morgan fingerprint density at radius 1 is 0.600 bits per heavy atom. The highest BCUT2D eigenvalue weighted by molar-refractivity contribution is 8.20. The standard InChI is InChI=1S/C18H36S2/c1-2-3-4-5-6-7-8-9-10-11-12-13-14-15-18-19-16-17-20-18/h18H,2-17H2,1H3. The molecule has 0 aromatic rings. The molecule has 1 saturated heterocycles. The Balaban J connectivity index is 1.66. The normalized spacial score (nSPS) is 16.1. The van der Waals surface area contributed by atoms with Gasteiger partial charge in [-0.1, -0.05) is 90.4 Å². The predicted molar refractivity (Wildman–Crippen MR) is 99.0 cm³/mol. The van der Waals surface area contributed by atoms with Crippen LogP contribution in [-0.2, 0) is 0 Å². The minimum Gasteiger partial charge on any atom is -0.147 e. The average molecular weight is 317 g/mol. The molecule has 0 atom stereocenters. The van der Waals surface area contributed by atoms with E-state index in [0.717, 1.165) is 4.58 Å². The Morgan fingerprint density at radius 2 is 1.00 bits per heavy atom. The van der Waals surface area contributed by atoms with E-state index in [1.54, 1.807) is 0 Å². The second-order valence-corrected chi connectivity index (χ2v) is 9.12. The molecule has 0 aliphatic carbocycles. The van der Waals surface area contributed by atoms with E-state index in [9.17, 15) is 0 Å². The highest BCUT2D eigenvalue weighted by atomic mass is 32.2. The monoisotopic (exact) mass is 316 g/mol. The first-order chi connectivity index (χ1) is 9.93. The maximum absolute atomic E-state index is 2.30. The number of hydrogen-bond donors (Lipinski definition) is 0. The number of thioether (sulfide) groups is 2. The lowest BCUT2D eigenvalue weighted by Gasteiger charge is -2.07. The summed E-state index contributed by atoms with van der Waals surface area (Å²) < 4.78 is 0.947. The van der Waals surface area contributed by atoms with Gasteiger partial charge in [-0.05, 0) is 6.42 Å². The van der Waals surface area contributed by atoms with Gasteiger partial charge in [0.1, 0.15) is 0 Å². The molecule has 1 fully saturated rings. The first kappa shape index (κ1) is 18.7. The first-order valence-corrected chi connectivity index (χ1v) is 11.3. The van der Waals surface area contributed by atoms with Gasteiger partial charge in [0.2, 0.25) is 0 Å². The zero-order chi connectivity index (χ0) is 14.3. The van der Waals surface area contributed by atoms with Gasteiger partial charge in [0.25, 0.3) is 0 Å². The highest BCUT2D eigenvalue weighted by Crippen LogP contribution is 2.35. The van der Waals surface area contributed by atoms with E-state index in [-0.39, 0.29) is 0 Å². The SMILES string of the molecule is CCCCCCCCCCCCCCCC1SCCS1. The number of hydrogen-bond acceptors (Lipinski definition) is 2. The molecule has 0 amide bonds. The lowest BCUT2D eigenvalue weighted by molar-refractivity contribution is 0.538. The number of rotatable bonds is 14. The Labute approximate surface area is 136 Å². The lowest BCUT2D eigenvalue weighted by Crippen LogP contribution is -1.91. The molecule has 1 heterocycles. The Kier molecular flexibility index (Phi) is 13.7. The van der Waals surface area contributed by atoms with E-state index in [1.807, 2.05) is 0 Å². The molecule has 20 heavy (non-hydrogen) atoms. The van der Waals surface area contributed by atoms with E-state index < -0.39 is 0 Å². The molecule has 0 nitrogen and oxygen atoms in total. The predicted octanol–water partition coefficient (Wildman–Crippen LogP) is 7.27. The van der Waals surface area contributed by atoms with Crippen LogP contribution in [0, 0.1) is 0 Å². The second-order valence-electron chi connectivity index (χ2n) is 6.20. The van der Waals surface area contributed by atoms with Crippen molar-refractivity contribution in [3.05, 3.63) is 0 Å². The zero-order valence-corrected chi connectivity index (χ0v) is 15.3. The molecule has 0 unspecified atom stereocenters. The number of unbranched alkanes of at least 4 members (excludes halogenated alkanes) is 12.